The first kappa shape index (κ1) is 16.5. The SMILES string of the molecule is O=C(NCCC1=CCCCC1)c1ccc2nc(-c3ccncc3)[nH]c2c1. The van der Waals surface area contributed by atoms with E-state index in [1.165, 1.54) is 31.3 Å². The highest BCUT2D eigenvalue weighted by Crippen LogP contribution is 2.21. The Balaban J connectivity index is 1.44. The lowest BCUT2D eigenvalue weighted by atomic mass is 9.97. The van der Waals surface area contributed by atoms with Crippen molar-refractivity contribution in [3.8, 4) is 11.4 Å². The molecular formula is C21H22N4O. The highest BCUT2D eigenvalue weighted by atomic mass is 16.1. The molecule has 5 heteroatoms. The van der Waals surface area contributed by atoms with Crippen LogP contribution in [-0.2, 0) is 0 Å². The van der Waals surface area contributed by atoms with Gasteiger partial charge < -0.3 is 10.3 Å². The summed E-state index contributed by atoms with van der Waals surface area (Å²) < 4.78 is 0. The van der Waals surface area contributed by atoms with Crippen LogP contribution in [0.5, 0.6) is 0 Å². The van der Waals surface area contributed by atoms with Crippen LogP contribution in [-0.4, -0.2) is 27.4 Å². The molecule has 132 valence electrons. The number of nitrogens with one attached hydrogen (secondary N) is 2. The molecule has 5 nitrogen and oxygen atoms in total. The molecule has 2 N–H and O–H groups in total. The van der Waals surface area contributed by atoms with Gasteiger partial charge in [-0.05, 0) is 62.4 Å². The molecule has 0 saturated heterocycles. The Kier molecular flexibility index (Phi) is 4.78. The van der Waals surface area contributed by atoms with Crippen LogP contribution >= 0.6 is 0 Å². The van der Waals surface area contributed by atoms with Crippen molar-refractivity contribution < 1.29 is 4.79 Å². The summed E-state index contributed by atoms with van der Waals surface area (Å²) >= 11 is 0. The topological polar surface area (TPSA) is 70.7 Å². The number of H-pyrrole nitrogens is 1. The number of aromatic nitrogens is 3. The van der Waals surface area contributed by atoms with E-state index in [0.29, 0.717) is 12.1 Å². The lowest BCUT2D eigenvalue weighted by molar-refractivity contribution is 0.0954. The smallest absolute Gasteiger partial charge is 0.251 e. The summed E-state index contributed by atoms with van der Waals surface area (Å²) in [4.78, 5) is 24.3. The summed E-state index contributed by atoms with van der Waals surface area (Å²) in [6, 6.07) is 9.39. The van der Waals surface area contributed by atoms with E-state index < -0.39 is 0 Å². The predicted molar refractivity (Wildman–Crippen MR) is 103 cm³/mol. The van der Waals surface area contributed by atoms with Crippen LogP contribution in [0, 0.1) is 0 Å². The number of nitrogens with zero attached hydrogens (tertiary/aromatic N) is 2. The summed E-state index contributed by atoms with van der Waals surface area (Å²) in [5, 5.41) is 3.03. The lowest BCUT2D eigenvalue weighted by Crippen LogP contribution is -2.24. The number of aromatic amines is 1. The molecule has 1 aliphatic rings. The molecule has 0 unspecified atom stereocenters. The molecule has 1 amide bonds. The van der Waals surface area contributed by atoms with Gasteiger partial charge in [-0.15, -0.1) is 0 Å². The van der Waals surface area contributed by atoms with Crippen LogP contribution in [0.15, 0.2) is 54.4 Å². The zero-order valence-corrected chi connectivity index (χ0v) is 14.7. The zero-order chi connectivity index (χ0) is 17.8. The van der Waals surface area contributed by atoms with Crippen LogP contribution < -0.4 is 5.32 Å². The van der Waals surface area contributed by atoms with Crippen molar-refractivity contribution in [2.75, 3.05) is 6.54 Å². The van der Waals surface area contributed by atoms with Gasteiger partial charge in [-0.1, -0.05) is 11.6 Å². The Morgan fingerprint density at radius 2 is 2.04 bits per heavy atom. The first-order valence-electron chi connectivity index (χ1n) is 9.16. The largest absolute Gasteiger partial charge is 0.352 e. The summed E-state index contributed by atoms with van der Waals surface area (Å²) in [6.07, 6.45) is 11.7. The molecular weight excluding hydrogens is 324 g/mol. The quantitative estimate of drug-likeness (QED) is 0.679. The maximum atomic E-state index is 12.4. The third-order valence-electron chi connectivity index (χ3n) is 4.81. The van der Waals surface area contributed by atoms with Gasteiger partial charge in [0.2, 0.25) is 0 Å². The number of hydrogen-bond acceptors (Lipinski definition) is 3. The Hall–Kier alpha value is -2.95. The van der Waals surface area contributed by atoms with Gasteiger partial charge in [-0.25, -0.2) is 4.98 Å². The van der Waals surface area contributed by atoms with E-state index in [1.807, 2.05) is 30.3 Å². The second-order valence-corrected chi connectivity index (χ2v) is 6.67. The second-order valence-electron chi connectivity index (χ2n) is 6.67. The normalized spacial score (nSPS) is 14.2. The minimum atomic E-state index is -0.0385. The van der Waals surface area contributed by atoms with Crippen molar-refractivity contribution in [1.82, 2.24) is 20.3 Å². The van der Waals surface area contributed by atoms with Crippen molar-refractivity contribution in [2.45, 2.75) is 32.1 Å². The molecule has 0 radical (unpaired) electrons. The third kappa shape index (κ3) is 3.67. The van der Waals surface area contributed by atoms with E-state index in [4.69, 9.17) is 0 Å². The Morgan fingerprint density at radius 1 is 1.15 bits per heavy atom. The molecule has 1 aliphatic carbocycles. The maximum absolute atomic E-state index is 12.4. The van der Waals surface area contributed by atoms with Gasteiger partial charge in [0.1, 0.15) is 5.82 Å². The van der Waals surface area contributed by atoms with E-state index in [2.05, 4.69) is 26.3 Å². The fourth-order valence-corrected chi connectivity index (χ4v) is 3.37. The Bertz CT molecular complexity index is 943. The molecule has 2 aromatic heterocycles. The van der Waals surface area contributed by atoms with Crippen molar-refractivity contribution in [3.63, 3.8) is 0 Å². The van der Waals surface area contributed by atoms with E-state index in [9.17, 15) is 4.79 Å². The number of rotatable bonds is 5. The van der Waals surface area contributed by atoms with Gasteiger partial charge >= 0.3 is 0 Å². The van der Waals surface area contributed by atoms with Gasteiger partial charge in [-0.3, -0.25) is 9.78 Å². The average Bonchev–Trinajstić information content (AvgIpc) is 3.13. The minimum absolute atomic E-state index is 0.0385. The van der Waals surface area contributed by atoms with Crippen molar-refractivity contribution in [3.05, 3.63) is 59.9 Å². The fraction of sp³-hybridized carbons (Fsp3) is 0.286. The number of carbonyl (C=O) groups is 1. The molecule has 0 bridgehead atoms. The highest BCUT2D eigenvalue weighted by molar-refractivity contribution is 5.97. The average molecular weight is 346 g/mol. The number of pyridine rings is 1. The number of fused-ring (bicyclic) bond motifs is 1. The molecule has 26 heavy (non-hydrogen) atoms. The van der Waals surface area contributed by atoms with Crippen molar-refractivity contribution in [1.29, 1.82) is 0 Å². The molecule has 0 atom stereocenters. The molecule has 0 aliphatic heterocycles. The van der Waals surface area contributed by atoms with E-state index >= 15 is 0 Å². The first-order chi connectivity index (χ1) is 12.8. The van der Waals surface area contributed by atoms with Gasteiger partial charge in [0.15, 0.2) is 0 Å². The van der Waals surface area contributed by atoms with Gasteiger partial charge in [0.25, 0.3) is 5.91 Å². The zero-order valence-electron chi connectivity index (χ0n) is 14.7. The number of benzene rings is 1. The summed E-state index contributed by atoms with van der Waals surface area (Å²) in [6.45, 7) is 0.688. The van der Waals surface area contributed by atoms with Gasteiger partial charge in [0.05, 0.1) is 11.0 Å². The summed E-state index contributed by atoms with van der Waals surface area (Å²) in [5.74, 6) is 0.743. The van der Waals surface area contributed by atoms with E-state index in [0.717, 1.165) is 28.8 Å². The fourth-order valence-electron chi connectivity index (χ4n) is 3.37. The Morgan fingerprint density at radius 3 is 2.85 bits per heavy atom. The maximum Gasteiger partial charge on any atom is 0.251 e. The van der Waals surface area contributed by atoms with Crippen molar-refractivity contribution in [2.24, 2.45) is 0 Å². The molecule has 1 aromatic carbocycles. The van der Waals surface area contributed by atoms with E-state index in [1.54, 1.807) is 12.4 Å². The van der Waals surface area contributed by atoms with Crippen molar-refractivity contribution >= 4 is 16.9 Å². The second kappa shape index (κ2) is 7.52. The number of imidazole rings is 1. The van der Waals surface area contributed by atoms with Crippen LogP contribution in [0.2, 0.25) is 0 Å². The van der Waals surface area contributed by atoms with Gasteiger partial charge in [-0.2, -0.15) is 0 Å². The number of hydrogen-bond donors (Lipinski definition) is 2. The standard InChI is InChI=1S/C21H22N4O/c26-21(23-13-8-15-4-2-1-3-5-15)17-6-7-18-19(14-17)25-20(24-18)16-9-11-22-12-10-16/h4,6-7,9-12,14H,1-3,5,8,13H2,(H,23,26)(H,24,25). The number of allylic oxidation sites excluding steroid dienone is 1. The molecule has 0 saturated carbocycles. The monoisotopic (exact) mass is 346 g/mol. The number of carbonyl (C=O) groups excluding carboxylic acids is 1. The molecule has 0 fully saturated rings. The summed E-state index contributed by atoms with van der Waals surface area (Å²) in [5.41, 5.74) is 4.81. The molecule has 3 aromatic rings. The third-order valence-corrected chi connectivity index (χ3v) is 4.81. The van der Waals surface area contributed by atoms with Crippen LogP contribution in [0.1, 0.15) is 42.5 Å². The minimum Gasteiger partial charge on any atom is -0.352 e. The summed E-state index contributed by atoms with van der Waals surface area (Å²) in [7, 11) is 0. The molecule has 4 rings (SSSR count). The lowest BCUT2D eigenvalue weighted by Gasteiger charge is -2.12. The predicted octanol–water partition coefficient (Wildman–Crippen LogP) is 4.25. The Labute approximate surface area is 152 Å². The van der Waals surface area contributed by atoms with Crippen LogP contribution in [0.3, 0.4) is 0 Å². The molecule has 0 spiro atoms. The van der Waals surface area contributed by atoms with Crippen LogP contribution in [0.4, 0.5) is 0 Å². The van der Waals surface area contributed by atoms with Crippen LogP contribution in [0.25, 0.3) is 22.4 Å². The molecule has 2 heterocycles. The highest BCUT2D eigenvalue weighted by Gasteiger charge is 2.10. The van der Waals surface area contributed by atoms with E-state index in [-0.39, 0.29) is 5.91 Å². The van der Waals surface area contributed by atoms with Gasteiger partial charge in [0, 0.05) is 30.1 Å². The first-order valence-corrected chi connectivity index (χ1v) is 9.16. The number of amides is 1.